The summed E-state index contributed by atoms with van der Waals surface area (Å²) in [5, 5.41) is 67.1. The van der Waals surface area contributed by atoms with Crippen LogP contribution in [0, 0.1) is 0 Å². The van der Waals surface area contributed by atoms with Crippen molar-refractivity contribution >= 4 is 31.1 Å². The minimum atomic E-state index is -1.93. The molecule has 0 heterocycles. The zero-order valence-electron chi connectivity index (χ0n) is 11.7. The molecule has 0 bridgehead atoms. The maximum absolute atomic E-state index is 9.84. The van der Waals surface area contributed by atoms with Gasteiger partial charge in [-0.1, -0.05) is 0 Å². The van der Waals surface area contributed by atoms with Gasteiger partial charge in [-0.3, -0.25) is 0 Å². The van der Waals surface area contributed by atoms with Gasteiger partial charge in [-0.15, -0.1) is 0 Å². The van der Waals surface area contributed by atoms with Crippen LogP contribution in [0.3, 0.4) is 0 Å². The standard InChI is InChI=1S/C10H22BIO9/c1-3(21-12)5(15)6(16)7(17)8(18)9(19)10(20-11)4(14)2-13/h3-10,13-19H,2,11H2,1H3. The first kappa shape index (κ1) is 21.4. The van der Waals surface area contributed by atoms with Crippen molar-refractivity contribution in [2.75, 3.05) is 6.61 Å². The highest BCUT2D eigenvalue weighted by Gasteiger charge is 2.40. The minimum Gasteiger partial charge on any atom is -0.436 e. The van der Waals surface area contributed by atoms with E-state index in [2.05, 4.69) is 0 Å². The predicted molar refractivity (Wildman–Crippen MR) is 81.1 cm³/mol. The van der Waals surface area contributed by atoms with Gasteiger partial charge >= 0.3 is 0 Å². The van der Waals surface area contributed by atoms with E-state index < -0.39 is 55.4 Å². The summed E-state index contributed by atoms with van der Waals surface area (Å²) in [6, 6.07) is 0. The Morgan fingerprint density at radius 2 is 1.33 bits per heavy atom. The topological polar surface area (TPSA) is 160 Å². The number of aliphatic hydroxyl groups is 7. The molecule has 0 aromatic carbocycles. The Kier molecular flexibility index (Phi) is 10.5. The van der Waals surface area contributed by atoms with E-state index in [1.807, 2.05) is 0 Å². The van der Waals surface area contributed by atoms with Crippen molar-refractivity contribution in [3.05, 3.63) is 0 Å². The summed E-state index contributed by atoms with van der Waals surface area (Å²) in [5.74, 6) is 0. The van der Waals surface area contributed by atoms with Gasteiger partial charge in [0.25, 0.3) is 8.05 Å². The summed E-state index contributed by atoms with van der Waals surface area (Å²) < 4.78 is 9.50. The summed E-state index contributed by atoms with van der Waals surface area (Å²) in [6.07, 6.45) is -12.7. The maximum atomic E-state index is 9.84. The van der Waals surface area contributed by atoms with E-state index in [0.717, 1.165) is 8.05 Å². The van der Waals surface area contributed by atoms with E-state index in [1.165, 1.54) is 29.9 Å². The summed E-state index contributed by atoms with van der Waals surface area (Å²) in [7, 11) is 1.13. The Morgan fingerprint density at radius 3 is 1.71 bits per heavy atom. The molecule has 0 saturated carbocycles. The van der Waals surface area contributed by atoms with Gasteiger partial charge in [-0.2, -0.15) is 0 Å². The van der Waals surface area contributed by atoms with Crippen molar-refractivity contribution in [3.8, 4) is 0 Å². The van der Waals surface area contributed by atoms with Gasteiger partial charge in [0.15, 0.2) is 0 Å². The Balaban J connectivity index is 4.84. The Morgan fingerprint density at radius 1 is 0.905 bits per heavy atom. The van der Waals surface area contributed by atoms with Crippen LogP contribution in [0.25, 0.3) is 0 Å². The van der Waals surface area contributed by atoms with E-state index in [1.54, 1.807) is 0 Å². The van der Waals surface area contributed by atoms with Crippen molar-refractivity contribution < 1.29 is 43.5 Å². The first-order valence-corrected chi connectivity index (χ1v) is 7.10. The average molecular weight is 424 g/mol. The fourth-order valence-electron chi connectivity index (χ4n) is 1.76. The highest BCUT2D eigenvalue weighted by atomic mass is 127. The van der Waals surface area contributed by atoms with Gasteiger partial charge in [0.2, 0.25) is 0 Å². The summed E-state index contributed by atoms with van der Waals surface area (Å²) in [6.45, 7) is 0.701. The number of rotatable bonds is 10. The molecule has 0 amide bonds. The zero-order valence-corrected chi connectivity index (χ0v) is 13.8. The van der Waals surface area contributed by atoms with Gasteiger partial charge in [0, 0.05) is 0 Å². The molecule has 126 valence electrons. The van der Waals surface area contributed by atoms with E-state index in [-0.39, 0.29) is 0 Å². The van der Waals surface area contributed by atoms with Crippen LogP contribution in [0.15, 0.2) is 0 Å². The lowest BCUT2D eigenvalue weighted by molar-refractivity contribution is -0.170. The minimum absolute atomic E-state index is 0.733. The quantitative estimate of drug-likeness (QED) is 0.136. The van der Waals surface area contributed by atoms with Crippen LogP contribution in [0.1, 0.15) is 6.92 Å². The summed E-state index contributed by atoms with van der Waals surface area (Å²) in [4.78, 5) is 0. The molecular weight excluding hydrogens is 402 g/mol. The second-order valence-electron chi connectivity index (χ2n) is 4.70. The molecule has 8 atom stereocenters. The molecule has 0 aliphatic rings. The highest BCUT2D eigenvalue weighted by molar-refractivity contribution is 14.1. The third-order valence-electron chi connectivity index (χ3n) is 3.20. The third-order valence-corrected chi connectivity index (χ3v) is 4.00. The van der Waals surface area contributed by atoms with Crippen molar-refractivity contribution in [1.29, 1.82) is 0 Å². The number of halogens is 1. The second kappa shape index (κ2) is 10.3. The molecule has 0 aliphatic heterocycles. The SMILES string of the molecule is BOC(C(O)CO)C(O)C(O)C(O)C(O)C(O)C(C)OI. The van der Waals surface area contributed by atoms with Gasteiger partial charge in [-0.05, 0) is 6.92 Å². The molecular formula is C10H22BIO9. The fraction of sp³-hybridized carbons (Fsp3) is 1.00. The molecule has 0 spiro atoms. The molecule has 0 aromatic rings. The van der Waals surface area contributed by atoms with Crippen LogP contribution in [0.5, 0.6) is 0 Å². The normalized spacial score (nSPS) is 23.7. The molecule has 0 rings (SSSR count). The third kappa shape index (κ3) is 5.86. The molecule has 0 fully saturated rings. The summed E-state index contributed by atoms with van der Waals surface area (Å²) >= 11 is 1.50. The van der Waals surface area contributed by atoms with Gasteiger partial charge in [-0.25, -0.2) is 0 Å². The van der Waals surface area contributed by atoms with Gasteiger partial charge in [0.1, 0.15) is 59.6 Å². The van der Waals surface area contributed by atoms with Crippen molar-refractivity contribution in [3.63, 3.8) is 0 Å². The smallest absolute Gasteiger partial charge is 0.257 e. The largest absolute Gasteiger partial charge is 0.436 e. The monoisotopic (exact) mass is 424 g/mol. The van der Waals surface area contributed by atoms with Crippen molar-refractivity contribution in [2.45, 2.75) is 55.8 Å². The van der Waals surface area contributed by atoms with Crippen LogP contribution < -0.4 is 0 Å². The van der Waals surface area contributed by atoms with Crippen LogP contribution in [-0.2, 0) is 7.72 Å². The Hall–Kier alpha value is 0.435. The molecule has 9 nitrogen and oxygen atoms in total. The van der Waals surface area contributed by atoms with Crippen LogP contribution >= 0.6 is 23.0 Å². The van der Waals surface area contributed by atoms with Crippen molar-refractivity contribution in [2.24, 2.45) is 0 Å². The summed E-state index contributed by atoms with van der Waals surface area (Å²) in [5.41, 5.74) is 0. The number of hydrogen-bond acceptors (Lipinski definition) is 9. The lowest BCUT2D eigenvalue weighted by atomic mass is 9.93. The highest BCUT2D eigenvalue weighted by Crippen LogP contribution is 2.17. The molecule has 0 aliphatic carbocycles. The fourth-order valence-corrected chi connectivity index (χ4v) is 2.06. The first-order chi connectivity index (χ1) is 9.72. The van der Waals surface area contributed by atoms with E-state index in [0.29, 0.717) is 0 Å². The predicted octanol–water partition coefficient (Wildman–Crippen LogP) is -4.17. The average Bonchev–Trinajstić information content (AvgIpc) is 2.51. The molecule has 7 N–H and O–H groups in total. The van der Waals surface area contributed by atoms with Crippen molar-refractivity contribution in [1.82, 2.24) is 0 Å². The Bertz CT molecular complexity index is 287. The molecule has 11 heteroatoms. The number of hydrogen-bond donors (Lipinski definition) is 7. The first-order valence-electron chi connectivity index (χ1n) is 6.22. The lowest BCUT2D eigenvalue weighted by Crippen LogP contribution is -2.56. The zero-order chi connectivity index (χ0) is 16.7. The maximum Gasteiger partial charge on any atom is 0.257 e. The number of aliphatic hydroxyl groups excluding tert-OH is 7. The molecule has 8 unspecified atom stereocenters. The van der Waals surface area contributed by atoms with E-state index in [4.69, 9.17) is 12.8 Å². The van der Waals surface area contributed by atoms with E-state index in [9.17, 15) is 30.6 Å². The second-order valence-corrected chi connectivity index (χ2v) is 5.21. The van der Waals surface area contributed by atoms with Gasteiger partial charge in [0.05, 0.1) is 18.8 Å². The van der Waals surface area contributed by atoms with Crippen LogP contribution in [0.2, 0.25) is 0 Å². The lowest BCUT2D eigenvalue weighted by Gasteiger charge is -2.34. The molecule has 0 aromatic heterocycles. The molecule has 0 saturated heterocycles. The molecule has 21 heavy (non-hydrogen) atoms. The van der Waals surface area contributed by atoms with Crippen LogP contribution in [0.4, 0.5) is 0 Å². The van der Waals surface area contributed by atoms with Gasteiger partial charge < -0.3 is 43.5 Å². The molecule has 0 radical (unpaired) electrons. The Labute approximate surface area is 137 Å². The van der Waals surface area contributed by atoms with Crippen LogP contribution in [-0.4, -0.2) is 99.2 Å². The van der Waals surface area contributed by atoms with E-state index >= 15 is 0 Å².